The van der Waals surface area contributed by atoms with E-state index in [1.807, 2.05) is 14.1 Å². The van der Waals surface area contributed by atoms with Crippen molar-refractivity contribution in [3.8, 4) is 0 Å². The van der Waals surface area contributed by atoms with Crippen LogP contribution >= 0.6 is 0 Å². The van der Waals surface area contributed by atoms with Crippen LogP contribution in [0.5, 0.6) is 0 Å². The largest absolute Gasteiger partial charge is 0.383 e. The van der Waals surface area contributed by atoms with Crippen LogP contribution in [0.1, 0.15) is 32.1 Å². The first kappa shape index (κ1) is 18.5. The summed E-state index contributed by atoms with van der Waals surface area (Å²) in [6.45, 7) is 4.17. The minimum Gasteiger partial charge on any atom is -0.383 e. The topological polar surface area (TPSA) is 55.8 Å². The predicted molar refractivity (Wildman–Crippen MR) is 84.5 cm³/mol. The maximum atomic E-state index is 14.0. The second-order valence-corrected chi connectivity index (χ2v) is 7.26. The third kappa shape index (κ3) is 4.39. The molecule has 2 aliphatic rings. The van der Waals surface area contributed by atoms with Gasteiger partial charge in [-0.1, -0.05) is 0 Å². The quantitative estimate of drug-likeness (QED) is 0.728. The van der Waals surface area contributed by atoms with Gasteiger partial charge in [-0.3, -0.25) is 4.79 Å². The van der Waals surface area contributed by atoms with Crippen molar-refractivity contribution in [3.05, 3.63) is 0 Å². The third-order valence-electron chi connectivity index (χ3n) is 5.17. The van der Waals surface area contributed by atoms with E-state index in [0.717, 1.165) is 39.0 Å². The van der Waals surface area contributed by atoms with Crippen molar-refractivity contribution in [3.63, 3.8) is 0 Å². The van der Waals surface area contributed by atoms with Gasteiger partial charge in [0.25, 0.3) is 5.91 Å². The van der Waals surface area contributed by atoms with Gasteiger partial charge in [-0.15, -0.1) is 0 Å². The molecule has 5 nitrogen and oxygen atoms in total. The zero-order chi connectivity index (χ0) is 17.1. The summed E-state index contributed by atoms with van der Waals surface area (Å²) in [7, 11) is 4.08. The normalized spacial score (nSPS) is 22.9. The number of hydrogen-bond acceptors (Lipinski definition) is 4. The van der Waals surface area contributed by atoms with Crippen LogP contribution in [0.4, 0.5) is 8.78 Å². The van der Waals surface area contributed by atoms with E-state index >= 15 is 0 Å². The molecule has 0 aromatic carbocycles. The summed E-state index contributed by atoms with van der Waals surface area (Å²) >= 11 is 0. The van der Waals surface area contributed by atoms with Crippen LogP contribution in [0.15, 0.2) is 0 Å². The highest BCUT2D eigenvalue weighted by Crippen LogP contribution is 2.44. The second-order valence-electron chi connectivity index (χ2n) is 7.26. The molecule has 1 aliphatic heterocycles. The Bertz CT molecular complexity index is 406. The number of carbonyl (C=O) groups is 1. The van der Waals surface area contributed by atoms with E-state index in [4.69, 9.17) is 0 Å². The third-order valence-corrected chi connectivity index (χ3v) is 5.17. The molecular weight excluding hydrogens is 304 g/mol. The number of aliphatic hydroxyl groups is 1. The van der Waals surface area contributed by atoms with Crippen molar-refractivity contribution in [1.29, 1.82) is 0 Å². The molecule has 1 saturated carbocycles. The van der Waals surface area contributed by atoms with E-state index in [0.29, 0.717) is 6.42 Å². The standard InChI is InChI=1S/C16H29F2N3O2/c1-20(2)10-11-21-8-4-13(5-9-21)12-19-14(22)16(17,18)15(23)6-3-7-15/h13,23H,3-12H2,1-2H3,(H,19,22). The highest BCUT2D eigenvalue weighted by molar-refractivity contribution is 5.85. The number of amides is 1. The molecule has 2 fully saturated rings. The van der Waals surface area contributed by atoms with Crippen molar-refractivity contribution in [2.24, 2.45) is 5.92 Å². The van der Waals surface area contributed by atoms with Gasteiger partial charge in [0.05, 0.1) is 0 Å². The number of likely N-dealkylation sites (tertiary alicyclic amines) is 1. The Hall–Kier alpha value is -0.790. The maximum Gasteiger partial charge on any atom is 0.352 e. The molecule has 7 heteroatoms. The number of rotatable bonds is 7. The van der Waals surface area contributed by atoms with Crippen molar-refractivity contribution >= 4 is 5.91 Å². The van der Waals surface area contributed by atoms with Crippen molar-refractivity contribution < 1.29 is 18.7 Å². The average molecular weight is 333 g/mol. The molecule has 23 heavy (non-hydrogen) atoms. The number of nitrogens with zero attached hydrogens (tertiary/aromatic N) is 2. The average Bonchev–Trinajstić information content (AvgIpc) is 2.48. The fourth-order valence-corrected chi connectivity index (χ4v) is 3.14. The number of likely N-dealkylation sites (N-methyl/N-ethyl adjacent to an activating group) is 1. The highest BCUT2D eigenvalue weighted by Gasteiger charge is 2.61. The lowest BCUT2D eigenvalue weighted by Crippen LogP contribution is -2.61. The molecule has 1 saturated heterocycles. The van der Waals surface area contributed by atoms with Crippen LogP contribution in [0, 0.1) is 5.92 Å². The monoisotopic (exact) mass is 333 g/mol. The molecule has 0 bridgehead atoms. The number of piperidine rings is 1. The van der Waals surface area contributed by atoms with Gasteiger partial charge in [0.15, 0.2) is 0 Å². The number of carbonyl (C=O) groups excluding carboxylic acids is 1. The highest BCUT2D eigenvalue weighted by atomic mass is 19.3. The smallest absolute Gasteiger partial charge is 0.352 e. The van der Waals surface area contributed by atoms with Crippen LogP contribution in [0.2, 0.25) is 0 Å². The van der Waals surface area contributed by atoms with Crippen LogP contribution < -0.4 is 5.32 Å². The molecule has 1 aliphatic carbocycles. The SMILES string of the molecule is CN(C)CCN1CCC(CNC(=O)C(F)(F)C2(O)CCC2)CC1. The number of hydrogen-bond donors (Lipinski definition) is 2. The van der Waals surface area contributed by atoms with Gasteiger partial charge in [-0.2, -0.15) is 8.78 Å². The molecule has 134 valence electrons. The Labute approximate surface area is 137 Å². The van der Waals surface area contributed by atoms with Gasteiger partial charge in [-0.25, -0.2) is 0 Å². The Morgan fingerprint density at radius 1 is 1.35 bits per heavy atom. The molecule has 0 atom stereocenters. The summed E-state index contributed by atoms with van der Waals surface area (Å²) in [5.74, 6) is -4.77. The molecule has 1 amide bonds. The Morgan fingerprint density at radius 3 is 2.43 bits per heavy atom. The number of nitrogens with one attached hydrogen (secondary N) is 1. The van der Waals surface area contributed by atoms with E-state index in [-0.39, 0.29) is 25.3 Å². The lowest BCUT2D eigenvalue weighted by molar-refractivity contribution is -0.216. The molecule has 0 aromatic rings. The minimum atomic E-state index is -3.68. The summed E-state index contributed by atoms with van der Waals surface area (Å²) in [6.07, 6.45) is 2.35. The maximum absolute atomic E-state index is 14.0. The molecule has 2 rings (SSSR count). The van der Waals surface area contributed by atoms with Gasteiger partial charge in [0, 0.05) is 19.6 Å². The van der Waals surface area contributed by atoms with Crippen LogP contribution in [0.25, 0.3) is 0 Å². The Balaban J connectivity index is 1.70. The molecule has 0 unspecified atom stereocenters. The van der Waals surface area contributed by atoms with E-state index in [1.165, 1.54) is 0 Å². The molecule has 0 aromatic heterocycles. The Morgan fingerprint density at radius 2 is 1.96 bits per heavy atom. The van der Waals surface area contributed by atoms with Crippen molar-refractivity contribution in [2.75, 3.05) is 46.8 Å². The van der Waals surface area contributed by atoms with Crippen molar-refractivity contribution in [1.82, 2.24) is 15.1 Å². The Kier molecular flexibility index (Phi) is 5.97. The van der Waals surface area contributed by atoms with Crippen molar-refractivity contribution in [2.45, 2.75) is 43.6 Å². The predicted octanol–water partition coefficient (Wildman–Crippen LogP) is 0.926. The summed E-state index contributed by atoms with van der Waals surface area (Å²) in [5, 5.41) is 12.1. The van der Waals surface area contributed by atoms with Crippen LogP contribution in [0.3, 0.4) is 0 Å². The first-order valence-electron chi connectivity index (χ1n) is 8.50. The van der Waals surface area contributed by atoms with Gasteiger partial charge in [-0.05, 0) is 65.2 Å². The zero-order valence-electron chi connectivity index (χ0n) is 14.2. The number of halogens is 2. The van der Waals surface area contributed by atoms with E-state index in [9.17, 15) is 18.7 Å². The van der Waals surface area contributed by atoms with Crippen LogP contribution in [-0.4, -0.2) is 79.2 Å². The van der Waals surface area contributed by atoms with E-state index in [1.54, 1.807) is 0 Å². The molecule has 2 N–H and O–H groups in total. The second kappa shape index (κ2) is 7.40. The summed E-state index contributed by atoms with van der Waals surface area (Å²) < 4.78 is 27.9. The van der Waals surface area contributed by atoms with Crippen LogP contribution in [-0.2, 0) is 4.79 Å². The first-order valence-corrected chi connectivity index (χ1v) is 8.50. The van der Waals surface area contributed by atoms with Gasteiger partial charge in [0.1, 0.15) is 5.60 Å². The van der Waals surface area contributed by atoms with E-state index in [2.05, 4.69) is 15.1 Å². The molecule has 1 heterocycles. The summed E-state index contributed by atoms with van der Waals surface area (Å²) in [5.41, 5.74) is -2.13. The van der Waals surface area contributed by atoms with Gasteiger partial charge >= 0.3 is 5.92 Å². The molecule has 0 spiro atoms. The molecular formula is C16H29F2N3O2. The molecule has 0 radical (unpaired) electrons. The minimum absolute atomic E-state index is 0.00230. The zero-order valence-corrected chi connectivity index (χ0v) is 14.2. The number of alkyl halides is 2. The first-order chi connectivity index (χ1) is 10.7. The fourth-order valence-electron chi connectivity index (χ4n) is 3.14. The van der Waals surface area contributed by atoms with Gasteiger partial charge in [0.2, 0.25) is 0 Å². The van der Waals surface area contributed by atoms with Gasteiger partial charge < -0.3 is 20.2 Å². The lowest BCUT2D eigenvalue weighted by Gasteiger charge is -2.41. The van der Waals surface area contributed by atoms with E-state index < -0.39 is 17.4 Å². The summed E-state index contributed by atoms with van der Waals surface area (Å²) in [4.78, 5) is 16.3. The lowest BCUT2D eigenvalue weighted by atomic mass is 9.75. The summed E-state index contributed by atoms with van der Waals surface area (Å²) in [6, 6.07) is 0. The fraction of sp³-hybridized carbons (Fsp3) is 0.938.